The zero-order valence-electron chi connectivity index (χ0n) is 8.84. The Morgan fingerprint density at radius 3 is 2.94 bits per heavy atom. The lowest BCUT2D eigenvalue weighted by molar-refractivity contribution is -0.136. The maximum Gasteiger partial charge on any atom is 0.304 e. The summed E-state index contributed by atoms with van der Waals surface area (Å²) in [4.78, 5) is 10.3. The van der Waals surface area contributed by atoms with Gasteiger partial charge < -0.3 is 10.4 Å². The number of aliphatic carboxylic acids is 1. The second-order valence-corrected chi connectivity index (χ2v) is 4.40. The molecule has 1 rings (SSSR count). The summed E-state index contributed by atoms with van der Waals surface area (Å²) in [5.74, 6) is -1.16. The lowest BCUT2D eigenvalue weighted by Crippen LogP contribution is -2.22. The number of hydrogen-bond acceptors (Lipinski definition) is 2. The summed E-state index contributed by atoms with van der Waals surface area (Å²) in [6.07, 6.45) is 0.0277. The molecule has 3 nitrogen and oxygen atoms in total. The molecule has 0 amide bonds. The van der Waals surface area contributed by atoms with Crippen molar-refractivity contribution in [2.45, 2.75) is 19.4 Å². The second-order valence-electron chi connectivity index (χ2n) is 3.49. The Labute approximate surface area is 102 Å². The average molecular weight is 290 g/mol. The summed E-state index contributed by atoms with van der Waals surface area (Å²) >= 11 is 3.27. The number of carboxylic acids is 1. The molecule has 0 saturated carbocycles. The molecule has 0 radical (unpaired) electrons. The maximum absolute atomic E-state index is 13.4. The van der Waals surface area contributed by atoms with E-state index in [-0.39, 0.29) is 18.3 Å². The Bertz CT molecular complexity index is 384. The van der Waals surface area contributed by atoms with Gasteiger partial charge in [0, 0.05) is 22.6 Å². The molecule has 2 N–H and O–H groups in total. The number of benzene rings is 1. The Hall–Kier alpha value is -0.940. The quantitative estimate of drug-likeness (QED) is 0.876. The van der Waals surface area contributed by atoms with E-state index in [1.165, 1.54) is 6.07 Å². The summed E-state index contributed by atoms with van der Waals surface area (Å²) in [5, 5.41) is 11.4. The third-order valence-corrected chi connectivity index (χ3v) is 2.71. The molecular weight excluding hydrogens is 277 g/mol. The SMILES string of the molecule is CC(NCCC(=O)O)c1cc(Br)ccc1F. The lowest BCUT2D eigenvalue weighted by Gasteiger charge is -2.14. The van der Waals surface area contributed by atoms with Gasteiger partial charge in [0.1, 0.15) is 5.82 Å². The summed E-state index contributed by atoms with van der Waals surface area (Å²) in [6.45, 7) is 2.12. The summed E-state index contributed by atoms with van der Waals surface area (Å²) in [5.41, 5.74) is 0.528. The van der Waals surface area contributed by atoms with E-state index in [2.05, 4.69) is 21.2 Å². The third-order valence-electron chi connectivity index (χ3n) is 2.21. The first kappa shape index (κ1) is 13.1. The van der Waals surface area contributed by atoms with Crippen LogP contribution in [0.25, 0.3) is 0 Å². The Morgan fingerprint density at radius 2 is 2.31 bits per heavy atom. The molecule has 0 bridgehead atoms. The van der Waals surface area contributed by atoms with E-state index in [0.29, 0.717) is 12.1 Å². The highest BCUT2D eigenvalue weighted by Crippen LogP contribution is 2.21. The minimum Gasteiger partial charge on any atom is -0.481 e. The van der Waals surface area contributed by atoms with E-state index < -0.39 is 5.97 Å². The second kappa shape index (κ2) is 5.96. The lowest BCUT2D eigenvalue weighted by atomic mass is 10.1. The summed E-state index contributed by atoms with van der Waals surface area (Å²) in [7, 11) is 0. The molecular formula is C11H13BrFNO2. The molecule has 0 spiro atoms. The molecule has 0 aliphatic heterocycles. The first-order chi connectivity index (χ1) is 7.50. The van der Waals surface area contributed by atoms with Crippen LogP contribution in [0.1, 0.15) is 24.9 Å². The monoisotopic (exact) mass is 289 g/mol. The molecule has 88 valence electrons. The fraction of sp³-hybridized carbons (Fsp3) is 0.364. The van der Waals surface area contributed by atoms with Crippen molar-refractivity contribution in [1.29, 1.82) is 0 Å². The molecule has 0 heterocycles. The molecule has 1 unspecified atom stereocenters. The maximum atomic E-state index is 13.4. The number of halogens is 2. The zero-order valence-corrected chi connectivity index (χ0v) is 10.4. The first-order valence-corrected chi connectivity index (χ1v) is 5.70. The molecule has 1 aromatic carbocycles. The van der Waals surface area contributed by atoms with Gasteiger partial charge in [-0.15, -0.1) is 0 Å². The third kappa shape index (κ3) is 3.90. The van der Waals surface area contributed by atoms with Crippen LogP contribution in [0.2, 0.25) is 0 Å². The van der Waals surface area contributed by atoms with Gasteiger partial charge in [0.2, 0.25) is 0 Å². The van der Waals surface area contributed by atoms with Crippen molar-refractivity contribution in [3.63, 3.8) is 0 Å². The summed E-state index contributed by atoms with van der Waals surface area (Å²) in [6, 6.07) is 4.49. The Balaban J connectivity index is 2.61. The Kier molecular flexibility index (Phi) is 4.89. The van der Waals surface area contributed by atoms with Crippen LogP contribution in [-0.2, 0) is 4.79 Å². The van der Waals surface area contributed by atoms with Crippen LogP contribution in [-0.4, -0.2) is 17.6 Å². The fourth-order valence-corrected chi connectivity index (χ4v) is 1.73. The number of carbonyl (C=O) groups is 1. The van der Waals surface area contributed by atoms with E-state index >= 15 is 0 Å². The molecule has 0 fully saturated rings. The van der Waals surface area contributed by atoms with Crippen molar-refractivity contribution in [3.05, 3.63) is 34.1 Å². The fourth-order valence-electron chi connectivity index (χ4n) is 1.35. The largest absolute Gasteiger partial charge is 0.481 e. The molecule has 0 aliphatic rings. The van der Waals surface area contributed by atoms with Crippen molar-refractivity contribution in [3.8, 4) is 0 Å². The predicted molar refractivity (Wildman–Crippen MR) is 62.8 cm³/mol. The van der Waals surface area contributed by atoms with Gasteiger partial charge in [-0.1, -0.05) is 15.9 Å². The van der Waals surface area contributed by atoms with Gasteiger partial charge in [-0.05, 0) is 25.1 Å². The highest BCUT2D eigenvalue weighted by atomic mass is 79.9. The van der Waals surface area contributed by atoms with Crippen molar-refractivity contribution >= 4 is 21.9 Å². The molecule has 16 heavy (non-hydrogen) atoms. The molecule has 1 atom stereocenters. The van der Waals surface area contributed by atoms with Crippen LogP contribution < -0.4 is 5.32 Å². The first-order valence-electron chi connectivity index (χ1n) is 4.91. The highest BCUT2D eigenvalue weighted by Gasteiger charge is 2.11. The van der Waals surface area contributed by atoms with Crippen molar-refractivity contribution in [2.75, 3.05) is 6.54 Å². The molecule has 0 aliphatic carbocycles. The number of nitrogens with one attached hydrogen (secondary N) is 1. The van der Waals surface area contributed by atoms with Crippen LogP contribution in [0.5, 0.6) is 0 Å². The van der Waals surface area contributed by atoms with E-state index in [1.807, 2.05) is 0 Å². The van der Waals surface area contributed by atoms with Crippen LogP contribution in [0.3, 0.4) is 0 Å². The van der Waals surface area contributed by atoms with Crippen LogP contribution in [0.15, 0.2) is 22.7 Å². The van der Waals surface area contributed by atoms with Crippen LogP contribution in [0, 0.1) is 5.82 Å². The molecule has 0 saturated heterocycles. The minimum absolute atomic E-state index is 0.0277. The Morgan fingerprint density at radius 1 is 1.62 bits per heavy atom. The highest BCUT2D eigenvalue weighted by molar-refractivity contribution is 9.10. The van der Waals surface area contributed by atoms with Gasteiger partial charge in [-0.2, -0.15) is 0 Å². The molecule has 0 aromatic heterocycles. The number of carboxylic acid groups (broad SMARTS) is 1. The van der Waals surface area contributed by atoms with Crippen molar-refractivity contribution in [2.24, 2.45) is 0 Å². The van der Waals surface area contributed by atoms with E-state index in [0.717, 1.165) is 4.47 Å². The van der Waals surface area contributed by atoms with Gasteiger partial charge in [-0.25, -0.2) is 4.39 Å². The number of rotatable bonds is 5. The van der Waals surface area contributed by atoms with Crippen molar-refractivity contribution in [1.82, 2.24) is 5.32 Å². The van der Waals surface area contributed by atoms with Gasteiger partial charge in [0.15, 0.2) is 0 Å². The zero-order chi connectivity index (χ0) is 12.1. The van der Waals surface area contributed by atoms with Crippen molar-refractivity contribution < 1.29 is 14.3 Å². The van der Waals surface area contributed by atoms with E-state index in [1.54, 1.807) is 19.1 Å². The standard InChI is InChI=1S/C11H13BrFNO2/c1-7(14-5-4-11(15)16)9-6-8(12)2-3-10(9)13/h2-3,6-7,14H,4-5H2,1H3,(H,15,16). The van der Waals surface area contributed by atoms with E-state index in [9.17, 15) is 9.18 Å². The van der Waals surface area contributed by atoms with Gasteiger partial charge in [0.25, 0.3) is 0 Å². The topological polar surface area (TPSA) is 49.3 Å². The van der Waals surface area contributed by atoms with Gasteiger partial charge in [-0.3, -0.25) is 4.79 Å². The summed E-state index contributed by atoms with van der Waals surface area (Å²) < 4.78 is 14.2. The van der Waals surface area contributed by atoms with Crippen LogP contribution >= 0.6 is 15.9 Å². The number of hydrogen-bond donors (Lipinski definition) is 2. The van der Waals surface area contributed by atoms with E-state index in [4.69, 9.17) is 5.11 Å². The average Bonchev–Trinajstić information content (AvgIpc) is 2.21. The van der Waals surface area contributed by atoms with Crippen LogP contribution in [0.4, 0.5) is 4.39 Å². The van der Waals surface area contributed by atoms with Gasteiger partial charge >= 0.3 is 5.97 Å². The minimum atomic E-state index is -0.866. The van der Waals surface area contributed by atoms with Gasteiger partial charge in [0.05, 0.1) is 6.42 Å². The molecule has 5 heteroatoms. The molecule has 1 aromatic rings. The smallest absolute Gasteiger partial charge is 0.304 e. The predicted octanol–water partition coefficient (Wildman–Crippen LogP) is 2.71. The normalized spacial score (nSPS) is 12.4.